The van der Waals surface area contributed by atoms with Gasteiger partial charge >= 0.3 is 5.97 Å². The molecule has 0 radical (unpaired) electrons. The number of carboxylic acids is 1. The smallest absolute Gasteiger partial charge is 0.329 e. The number of hydrogen-bond acceptors (Lipinski definition) is 4. The maximum absolute atomic E-state index is 10.5. The molecule has 1 fully saturated rings. The summed E-state index contributed by atoms with van der Waals surface area (Å²) >= 11 is 0. The first-order valence-electron chi connectivity index (χ1n) is 7.32. The van der Waals surface area contributed by atoms with Crippen molar-refractivity contribution in [3.8, 4) is 5.75 Å². The normalized spacial score (nSPS) is 18.4. The number of hydrogen-bond donors (Lipinski definition) is 1. The molecule has 2 rings (SSSR count). The zero-order chi connectivity index (χ0) is 15.2. The highest BCUT2D eigenvalue weighted by Crippen LogP contribution is 2.31. The number of benzene rings is 1. The first-order valence-corrected chi connectivity index (χ1v) is 7.32. The maximum Gasteiger partial charge on any atom is 0.329 e. The molecule has 1 heterocycles. The lowest BCUT2D eigenvalue weighted by Gasteiger charge is -2.36. The van der Waals surface area contributed by atoms with E-state index >= 15 is 0 Å². The molecule has 0 spiro atoms. The molecule has 0 bridgehead atoms. The molecule has 5 nitrogen and oxygen atoms in total. The molecule has 116 valence electrons. The first-order chi connectivity index (χ1) is 10.1. The molecular formula is C16H23NO4. The SMILES string of the molecule is COc1ccccc1C(C)N1CCC(OCC(=O)O)CC1. The summed E-state index contributed by atoms with van der Waals surface area (Å²) in [6, 6.07) is 8.35. The van der Waals surface area contributed by atoms with Gasteiger partial charge in [0.25, 0.3) is 0 Å². The quantitative estimate of drug-likeness (QED) is 0.872. The number of aliphatic carboxylic acids is 1. The number of likely N-dealkylation sites (tertiary alicyclic amines) is 1. The maximum atomic E-state index is 10.5. The predicted octanol–water partition coefficient (Wildman–Crippen LogP) is 2.32. The van der Waals surface area contributed by atoms with Gasteiger partial charge in [0.15, 0.2) is 0 Å². The summed E-state index contributed by atoms with van der Waals surface area (Å²) < 4.78 is 10.8. The Bertz CT molecular complexity index is 469. The van der Waals surface area contributed by atoms with Crippen LogP contribution in [-0.2, 0) is 9.53 Å². The van der Waals surface area contributed by atoms with Crippen molar-refractivity contribution in [3.05, 3.63) is 29.8 Å². The van der Waals surface area contributed by atoms with Crippen LogP contribution < -0.4 is 4.74 Å². The summed E-state index contributed by atoms with van der Waals surface area (Å²) in [6.07, 6.45) is 1.79. The Morgan fingerprint density at radius 3 is 2.67 bits per heavy atom. The van der Waals surface area contributed by atoms with Crippen LogP contribution in [-0.4, -0.2) is 48.9 Å². The van der Waals surface area contributed by atoms with Crippen molar-refractivity contribution >= 4 is 5.97 Å². The van der Waals surface area contributed by atoms with Crippen LogP contribution in [0.3, 0.4) is 0 Å². The average Bonchev–Trinajstić information content (AvgIpc) is 2.52. The Balaban J connectivity index is 1.91. The number of carboxylic acid groups (broad SMARTS) is 1. The Hall–Kier alpha value is -1.59. The number of nitrogens with zero attached hydrogens (tertiary/aromatic N) is 1. The molecule has 1 aromatic rings. The van der Waals surface area contributed by atoms with Crippen LogP contribution in [0.15, 0.2) is 24.3 Å². The van der Waals surface area contributed by atoms with Gasteiger partial charge in [0.2, 0.25) is 0 Å². The molecule has 1 aliphatic rings. The summed E-state index contributed by atoms with van der Waals surface area (Å²) in [7, 11) is 1.69. The van der Waals surface area contributed by atoms with E-state index in [1.807, 2.05) is 18.2 Å². The molecule has 0 saturated carbocycles. The number of para-hydroxylation sites is 1. The lowest BCUT2D eigenvalue weighted by atomic mass is 10.0. The third-order valence-electron chi connectivity index (χ3n) is 4.06. The Morgan fingerprint density at radius 2 is 2.05 bits per heavy atom. The van der Waals surface area contributed by atoms with Gasteiger partial charge in [-0.05, 0) is 25.8 Å². The minimum atomic E-state index is -0.903. The summed E-state index contributed by atoms with van der Waals surface area (Å²) in [6.45, 7) is 3.79. The van der Waals surface area contributed by atoms with E-state index in [2.05, 4.69) is 17.9 Å². The predicted molar refractivity (Wildman–Crippen MR) is 79.6 cm³/mol. The molecule has 1 aliphatic heterocycles. The topological polar surface area (TPSA) is 59.0 Å². The summed E-state index contributed by atoms with van der Waals surface area (Å²) in [5.74, 6) is 0.00840. The highest BCUT2D eigenvalue weighted by atomic mass is 16.5. The van der Waals surface area contributed by atoms with Crippen molar-refractivity contribution in [2.75, 3.05) is 26.8 Å². The number of methoxy groups -OCH3 is 1. The highest BCUT2D eigenvalue weighted by molar-refractivity contribution is 5.68. The van der Waals surface area contributed by atoms with Gasteiger partial charge in [0, 0.05) is 24.7 Å². The lowest BCUT2D eigenvalue weighted by molar-refractivity contribution is -0.145. The van der Waals surface area contributed by atoms with Crippen LogP contribution in [0.4, 0.5) is 0 Å². The van der Waals surface area contributed by atoms with E-state index in [0.29, 0.717) is 0 Å². The second kappa shape index (κ2) is 7.43. The Kier molecular flexibility index (Phi) is 5.59. The summed E-state index contributed by atoms with van der Waals surface area (Å²) in [5.41, 5.74) is 1.19. The van der Waals surface area contributed by atoms with E-state index in [1.54, 1.807) is 7.11 Å². The van der Waals surface area contributed by atoms with Crippen molar-refractivity contribution in [1.82, 2.24) is 4.90 Å². The standard InChI is InChI=1S/C16H23NO4/c1-12(14-5-3-4-6-15(14)20-2)17-9-7-13(8-10-17)21-11-16(18)19/h3-6,12-13H,7-11H2,1-2H3,(H,18,19). The molecule has 0 aliphatic carbocycles. The Labute approximate surface area is 125 Å². The third-order valence-corrected chi connectivity index (χ3v) is 4.06. The number of piperidine rings is 1. The molecule has 1 aromatic carbocycles. The number of carbonyl (C=O) groups is 1. The minimum Gasteiger partial charge on any atom is -0.496 e. The van der Waals surface area contributed by atoms with E-state index in [-0.39, 0.29) is 18.8 Å². The van der Waals surface area contributed by atoms with Crippen molar-refractivity contribution in [2.24, 2.45) is 0 Å². The van der Waals surface area contributed by atoms with Crippen LogP contribution in [0.5, 0.6) is 5.75 Å². The van der Waals surface area contributed by atoms with Crippen LogP contribution in [0.2, 0.25) is 0 Å². The molecule has 0 amide bonds. The molecule has 5 heteroatoms. The van der Waals surface area contributed by atoms with Crippen molar-refractivity contribution in [3.63, 3.8) is 0 Å². The van der Waals surface area contributed by atoms with E-state index < -0.39 is 5.97 Å². The summed E-state index contributed by atoms with van der Waals surface area (Å²) in [5, 5.41) is 8.64. The zero-order valence-corrected chi connectivity index (χ0v) is 12.6. The van der Waals surface area contributed by atoms with Gasteiger partial charge in [-0.3, -0.25) is 4.90 Å². The van der Waals surface area contributed by atoms with Gasteiger partial charge in [-0.2, -0.15) is 0 Å². The van der Waals surface area contributed by atoms with Crippen LogP contribution in [0.1, 0.15) is 31.4 Å². The van der Waals surface area contributed by atoms with E-state index in [9.17, 15) is 4.79 Å². The number of ether oxygens (including phenoxy) is 2. The Morgan fingerprint density at radius 1 is 1.38 bits per heavy atom. The fourth-order valence-corrected chi connectivity index (χ4v) is 2.83. The van der Waals surface area contributed by atoms with Crippen LogP contribution in [0.25, 0.3) is 0 Å². The van der Waals surface area contributed by atoms with Crippen molar-refractivity contribution in [1.29, 1.82) is 0 Å². The first kappa shape index (κ1) is 15.8. The number of rotatable bonds is 6. The average molecular weight is 293 g/mol. The van der Waals surface area contributed by atoms with Gasteiger partial charge in [0.1, 0.15) is 12.4 Å². The minimum absolute atomic E-state index is 0.0576. The van der Waals surface area contributed by atoms with Crippen LogP contribution >= 0.6 is 0 Å². The second-order valence-corrected chi connectivity index (χ2v) is 5.36. The molecule has 1 N–H and O–H groups in total. The molecule has 1 unspecified atom stereocenters. The fourth-order valence-electron chi connectivity index (χ4n) is 2.83. The largest absolute Gasteiger partial charge is 0.496 e. The van der Waals surface area contributed by atoms with Crippen molar-refractivity contribution < 1.29 is 19.4 Å². The van der Waals surface area contributed by atoms with Gasteiger partial charge < -0.3 is 14.6 Å². The van der Waals surface area contributed by atoms with Gasteiger partial charge in [-0.15, -0.1) is 0 Å². The van der Waals surface area contributed by atoms with Crippen molar-refractivity contribution in [2.45, 2.75) is 31.9 Å². The second-order valence-electron chi connectivity index (χ2n) is 5.36. The third kappa shape index (κ3) is 4.19. The highest BCUT2D eigenvalue weighted by Gasteiger charge is 2.25. The fraction of sp³-hybridized carbons (Fsp3) is 0.562. The molecule has 1 atom stereocenters. The molecule has 0 aromatic heterocycles. The van der Waals surface area contributed by atoms with Gasteiger partial charge in [-0.1, -0.05) is 18.2 Å². The van der Waals surface area contributed by atoms with E-state index in [4.69, 9.17) is 14.6 Å². The summed E-state index contributed by atoms with van der Waals surface area (Å²) in [4.78, 5) is 12.9. The van der Waals surface area contributed by atoms with Crippen LogP contribution in [0, 0.1) is 0 Å². The van der Waals surface area contributed by atoms with Gasteiger partial charge in [0.05, 0.1) is 13.2 Å². The zero-order valence-electron chi connectivity index (χ0n) is 12.6. The molecular weight excluding hydrogens is 270 g/mol. The molecule has 1 saturated heterocycles. The van der Waals surface area contributed by atoms with E-state index in [1.165, 1.54) is 5.56 Å². The monoisotopic (exact) mass is 293 g/mol. The lowest BCUT2D eigenvalue weighted by Crippen LogP contribution is -2.39. The van der Waals surface area contributed by atoms with Gasteiger partial charge in [-0.25, -0.2) is 4.79 Å². The molecule has 21 heavy (non-hydrogen) atoms. The van der Waals surface area contributed by atoms with E-state index in [0.717, 1.165) is 31.7 Å².